The Morgan fingerprint density at radius 3 is 3.00 bits per heavy atom. The molecule has 0 radical (unpaired) electrons. The molecule has 0 aromatic rings. The summed E-state index contributed by atoms with van der Waals surface area (Å²) in [4.78, 5) is 13.6. The maximum Gasteiger partial charge on any atom is 0.227 e. The summed E-state index contributed by atoms with van der Waals surface area (Å²) in [7, 11) is 0. The van der Waals surface area contributed by atoms with Crippen molar-refractivity contribution in [1.82, 2.24) is 4.90 Å². The van der Waals surface area contributed by atoms with Crippen LogP contribution in [0.25, 0.3) is 0 Å². The highest BCUT2D eigenvalue weighted by atomic mass is 35.5. The fourth-order valence-corrected chi connectivity index (χ4v) is 1.54. The Hall–Kier alpha value is -0.280. The van der Waals surface area contributed by atoms with Gasteiger partial charge >= 0.3 is 0 Å². The average molecular weight is 206 g/mol. The summed E-state index contributed by atoms with van der Waals surface area (Å²) < 4.78 is 5.25. The van der Waals surface area contributed by atoms with E-state index in [1.807, 2.05) is 18.7 Å². The molecular weight excluding hydrogens is 190 g/mol. The number of amides is 1. The summed E-state index contributed by atoms with van der Waals surface area (Å²) in [5.41, 5.74) is 0. The second-order valence-electron chi connectivity index (χ2n) is 3.51. The molecule has 1 aliphatic rings. The third-order valence-electron chi connectivity index (χ3n) is 2.30. The van der Waals surface area contributed by atoms with E-state index in [0.717, 1.165) is 0 Å². The molecule has 1 heterocycles. The molecule has 0 aliphatic carbocycles. The van der Waals surface area contributed by atoms with Gasteiger partial charge in [0, 0.05) is 18.3 Å². The normalized spacial score (nSPS) is 25.8. The van der Waals surface area contributed by atoms with Crippen molar-refractivity contribution < 1.29 is 9.53 Å². The Kier molecular flexibility index (Phi) is 4.00. The van der Waals surface area contributed by atoms with Gasteiger partial charge in [-0.15, -0.1) is 11.6 Å². The molecule has 0 bridgehead atoms. The molecule has 3 nitrogen and oxygen atoms in total. The summed E-state index contributed by atoms with van der Waals surface area (Å²) in [5.74, 6) is 0.455. The zero-order valence-electron chi connectivity index (χ0n) is 8.12. The van der Waals surface area contributed by atoms with Gasteiger partial charge in [-0.25, -0.2) is 0 Å². The SMILES string of the molecule is CC(CCl)C(=O)N1CCOCC1C. The van der Waals surface area contributed by atoms with Crippen LogP contribution in [0.2, 0.25) is 0 Å². The van der Waals surface area contributed by atoms with E-state index in [-0.39, 0.29) is 17.9 Å². The van der Waals surface area contributed by atoms with E-state index in [2.05, 4.69) is 0 Å². The Balaban J connectivity index is 2.53. The maximum atomic E-state index is 11.7. The number of halogens is 1. The predicted octanol–water partition coefficient (Wildman–Crippen LogP) is 1.11. The van der Waals surface area contributed by atoms with Crippen molar-refractivity contribution in [3.8, 4) is 0 Å². The summed E-state index contributed by atoms with van der Waals surface area (Å²) in [6, 6.07) is 0.187. The van der Waals surface area contributed by atoms with Gasteiger partial charge in [-0.1, -0.05) is 6.92 Å². The first-order valence-corrected chi connectivity index (χ1v) is 5.14. The van der Waals surface area contributed by atoms with Crippen LogP contribution in [-0.2, 0) is 9.53 Å². The third kappa shape index (κ3) is 2.58. The summed E-state index contributed by atoms with van der Waals surface area (Å²) in [6.45, 7) is 5.84. The molecule has 0 spiro atoms. The van der Waals surface area contributed by atoms with Gasteiger partial charge in [-0.05, 0) is 6.92 Å². The number of hydrogen-bond acceptors (Lipinski definition) is 2. The Labute approximate surface area is 84.0 Å². The average Bonchev–Trinajstić information content (AvgIpc) is 2.16. The first-order chi connectivity index (χ1) is 6.16. The summed E-state index contributed by atoms with van der Waals surface area (Å²) in [5, 5.41) is 0. The maximum absolute atomic E-state index is 11.7. The van der Waals surface area contributed by atoms with Crippen LogP contribution in [0, 0.1) is 5.92 Å². The molecule has 0 saturated carbocycles. The van der Waals surface area contributed by atoms with E-state index in [1.54, 1.807) is 0 Å². The van der Waals surface area contributed by atoms with Crippen molar-refractivity contribution in [1.29, 1.82) is 0 Å². The third-order valence-corrected chi connectivity index (χ3v) is 2.77. The Bertz CT molecular complexity index is 186. The molecule has 2 atom stereocenters. The van der Waals surface area contributed by atoms with Crippen LogP contribution in [0.15, 0.2) is 0 Å². The molecule has 1 aliphatic heterocycles. The number of carbonyl (C=O) groups is 1. The highest BCUT2D eigenvalue weighted by molar-refractivity contribution is 6.19. The molecule has 2 unspecified atom stereocenters. The van der Waals surface area contributed by atoms with E-state index in [4.69, 9.17) is 16.3 Å². The first-order valence-electron chi connectivity index (χ1n) is 4.61. The topological polar surface area (TPSA) is 29.5 Å². The largest absolute Gasteiger partial charge is 0.377 e. The molecule has 1 amide bonds. The van der Waals surface area contributed by atoms with Crippen LogP contribution in [-0.4, -0.2) is 42.5 Å². The van der Waals surface area contributed by atoms with Gasteiger partial charge < -0.3 is 9.64 Å². The van der Waals surface area contributed by atoms with Crippen molar-refractivity contribution in [2.24, 2.45) is 5.92 Å². The minimum atomic E-state index is -0.0813. The van der Waals surface area contributed by atoms with Gasteiger partial charge in [0.1, 0.15) is 0 Å². The number of alkyl halides is 1. The van der Waals surface area contributed by atoms with E-state index >= 15 is 0 Å². The number of nitrogens with zero attached hydrogens (tertiary/aromatic N) is 1. The lowest BCUT2D eigenvalue weighted by Gasteiger charge is -2.34. The number of hydrogen-bond donors (Lipinski definition) is 0. The number of morpholine rings is 1. The Morgan fingerprint density at radius 2 is 2.46 bits per heavy atom. The van der Waals surface area contributed by atoms with Crippen LogP contribution < -0.4 is 0 Å². The molecule has 0 aromatic heterocycles. The second-order valence-corrected chi connectivity index (χ2v) is 3.82. The smallest absolute Gasteiger partial charge is 0.227 e. The van der Waals surface area contributed by atoms with Crippen LogP contribution in [0.5, 0.6) is 0 Å². The van der Waals surface area contributed by atoms with E-state index in [1.165, 1.54) is 0 Å². The van der Waals surface area contributed by atoms with Gasteiger partial charge in [0.2, 0.25) is 5.91 Å². The fraction of sp³-hybridized carbons (Fsp3) is 0.889. The predicted molar refractivity (Wildman–Crippen MR) is 51.9 cm³/mol. The fourth-order valence-electron chi connectivity index (χ4n) is 1.40. The highest BCUT2D eigenvalue weighted by Crippen LogP contribution is 2.11. The van der Waals surface area contributed by atoms with E-state index in [9.17, 15) is 4.79 Å². The van der Waals surface area contributed by atoms with Gasteiger partial charge in [0.25, 0.3) is 0 Å². The minimum Gasteiger partial charge on any atom is -0.377 e. The van der Waals surface area contributed by atoms with Gasteiger partial charge in [-0.2, -0.15) is 0 Å². The van der Waals surface area contributed by atoms with Crippen LogP contribution in [0.3, 0.4) is 0 Å². The quantitative estimate of drug-likeness (QED) is 0.633. The van der Waals surface area contributed by atoms with Crippen LogP contribution >= 0.6 is 11.6 Å². The molecule has 4 heteroatoms. The molecule has 1 saturated heterocycles. The molecule has 1 fully saturated rings. The number of carbonyl (C=O) groups excluding carboxylic acids is 1. The number of rotatable bonds is 2. The summed E-state index contributed by atoms with van der Waals surface area (Å²) in [6.07, 6.45) is 0. The van der Waals surface area contributed by atoms with Crippen LogP contribution in [0.4, 0.5) is 0 Å². The van der Waals surface area contributed by atoms with E-state index in [0.29, 0.717) is 25.6 Å². The Morgan fingerprint density at radius 1 is 1.77 bits per heavy atom. The van der Waals surface area contributed by atoms with Gasteiger partial charge in [0.05, 0.1) is 19.3 Å². The van der Waals surface area contributed by atoms with Crippen molar-refractivity contribution in [2.45, 2.75) is 19.9 Å². The van der Waals surface area contributed by atoms with Gasteiger partial charge in [0.15, 0.2) is 0 Å². The van der Waals surface area contributed by atoms with E-state index < -0.39 is 0 Å². The zero-order valence-corrected chi connectivity index (χ0v) is 8.88. The molecule has 13 heavy (non-hydrogen) atoms. The standard InChI is InChI=1S/C9H16ClNO2/c1-7(5-10)9(12)11-3-4-13-6-8(11)2/h7-8H,3-6H2,1-2H3. The molecule has 76 valence electrons. The second kappa shape index (κ2) is 4.82. The lowest BCUT2D eigenvalue weighted by Crippen LogP contribution is -2.49. The molecule has 0 N–H and O–H groups in total. The lowest BCUT2D eigenvalue weighted by molar-refractivity contribution is -0.142. The first kappa shape index (κ1) is 10.8. The zero-order chi connectivity index (χ0) is 9.84. The summed E-state index contributed by atoms with van der Waals surface area (Å²) >= 11 is 5.64. The monoisotopic (exact) mass is 205 g/mol. The molecule has 0 aromatic carbocycles. The lowest BCUT2D eigenvalue weighted by atomic mass is 10.1. The van der Waals surface area contributed by atoms with Gasteiger partial charge in [-0.3, -0.25) is 4.79 Å². The van der Waals surface area contributed by atoms with Crippen molar-refractivity contribution in [2.75, 3.05) is 25.6 Å². The van der Waals surface area contributed by atoms with Crippen molar-refractivity contribution in [3.63, 3.8) is 0 Å². The molecular formula is C9H16ClNO2. The molecule has 1 rings (SSSR count). The minimum absolute atomic E-state index is 0.0813. The van der Waals surface area contributed by atoms with Crippen molar-refractivity contribution in [3.05, 3.63) is 0 Å². The number of ether oxygens (including phenoxy) is 1. The highest BCUT2D eigenvalue weighted by Gasteiger charge is 2.26. The van der Waals surface area contributed by atoms with Crippen molar-refractivity contribution >= 4 is 17.5 Å². The van der Waals surface area contributed by atoms with Crippen LogP contribution in [0.1, 0.15) is 13.8 Å².